The predicted octanol–water partition coefficient (Wildman–Crippen LogP) is 2.55. The lowest BCUT2D eigenvalue weighted by atomic mass is 10.2. The van der Waals surface area contributed by atoms with E-state index in [4.69, 9.17) is 10.00 Å². The molecule has 3 heteroatoms. The van der Waals surface area contributed by atoms with Gasteiger partial charge in [-0.05, 0) is 25.6 Å². The van der Waals surface area contributed by atoms with Crippen LogP contribution in [-0.2, 0) is 0 Å². The lowest BCUT2D eigenvalue weighted by molar-refractivity contribution is 0.206. The van der Waals surface area contributed by atoms with Gasteiger partial charge in [0, 0.05) is 13.1 Å². The molecular weight excluding hydrogens is 212 g/mol. The predicted molar refractivity (Wildman–Crippen MR) is 68.8 cm³/mol. The van der Waals surface area contributed by atoms with E-state index in [-0.39, 0.29) is 5.92 Å². The zero-order valence-electron chi connectivity index (χ0n) is 10.6. The summed E-state index contributed by atoms with van der Waals surface area (Å²) in [6, 6.07) is 12.1. The summed E-state index contributed by atoms with van der Waals surface area (Å²) in [6.45, 7) is 7.33. The summed E-state index contributed by atoms with van der Waals surface area (Å²) in [7, 11) is 0. The smallest absolute Gasteiger partial charge is 0.119 e. The van der Waals surface area contributed by atoms with E-state index >= 15 is 0 Å². The van der Waals surface area contributed by atoms with E-state index in [9.17, 15) is 0 Å². The van der Waals surface area contributed by atoms with Gasteiger partial charge in [-0.2, -0.15) is 5.26 Å². The van der Waals surface area contributed by atoms with Crippen molar-refractivity contribution < 1.29 is 4.74 Å². The van der Waals surface area contributed by atoms with Crippen LogP contribution in [0.5, 0.6) is 5.75 Å². The van der Waals surface area contributed by atoms with Crippen molar-refractivity contribution in [2.24, 2.45) is 5.92 Å². The Balaban J connectivity index is 2.27. The summed E-state index contributed by atoms with van der Waals surface area (Å²) in [4.78, 5) is 2.23. The Morgan fingerprint density at radius 2 is 2.06 bits per heavy atom. The third-order valence-electron chi connectivity index (χ3n) is 2.62. The minimum atomic E-state index is 0.0756. The van der Waals surface area contributed by atoms with Crippen LogP contribution in [0.4, 0.5) is 0 Å². The number of nitriles is 1. The first kappa shape index (κ1) is 13.5. The van der Waals surface area contributed by atoms with Gasteiger partial charge in [-0.3, -0.25) is 4.90 Å². The zero-order chi connectivity index (χ0) is 12.5. The topological polar surface area (TPSA) is 36.3 Å². The molecule has 1 atom stereocenters. The fourth-order valence-electron chi connectivity index (χ4n) is 1.62. The van der Waals surface area contributed by atoms with Gasteiger partial charge in [-0.25, -0.2) is 0 Å². The van der Waals surface area contributed by atoms with Crippen molar-refractivity contribution in [2.45, 2.75) is 13.8 Å². The second kappa shape index (κ2) is 7.70. The molecule has 0 amide bonds. The van der Waals surface area contributed by atoms with E-state index in [1.807, 2.05) is 37.3 Å². The summed E-state index contributed by atoms with van der Waals surface area (Å²) in [6.07, 6.45) is 0. The molecule has 0 fully saturated rings. The molecule has 1 aromatic carbocycles. The molecule has 0 aliphatic rings. The Kier molecular flexibility index (Phi) is 6.13. The molecule has 0 aliphatic heterocycles. The molecule has 17 heavy (non-hydrogen) atoms. The highest BCUT2D eigenvalue weighted by molar-refractivity contribution is 5.20. The second-order valence-corrected chi connectivity index (χ2v) is 4.08. The fraction of sp³-hybridized carbons (Fsp3) is 0.500. The van der Waals surface area contributed by atoms with E-state index in [0.717, 1.165) is 25.4 Å². The SMILES string of the molecule is CCN(CCOc1ccccc1)CC(C)C#N. The first-order valence-corrected chi connectivity index (χ1v) is 6.06. The summed E-state index contributed by atoms with van der Waals surface area (Å²) in [5, 5.41) is 8.77. The van der Waals surface area contributed by atoms with E-state index < -0.39 is 0 Å². The number of likely N-dealkylation sites (N-methyl/N-ethyl adjacent to an activating group) is 1. The molecule has 92 valence electrons. The van der Waals surface area contributed by atoms with Crippen LogP contribution in [0.25, 0.3) is 0 Å². The maximum Gasteiger partial charge on any atom is 0.119 e. The molecule has 1 unspecified atom stereocenters. The standard InChI is InChI=1S/C14H20N2O/c1-3-16(12-13(2)11-15)9-10-17-14-7-5-4-6-8-14/h4-8,13H,3,9-10,12H2,1-2H3. The Morgan fingerprint density at radius 1 is 1.35 bits per heavy atom. The molecule has 0 N–H and O–H groups in total. The van der Waals surface area contributed by atoms with Crippen LogP contribution in [0, 0.1) is 17.2 Å². The molecular formula is C14H20N2O. The van der Waals surface area contributed by atoms with Crippen LogP contribution in [0.2, 0.25) is 0 Å². The first-order chi connectivity index (χ1) is 8.26. The highest BCUT2D eigenvalue weighted by Gasteiger charge is 2.07. The summed E-state index contributed by atoms with van der Waals surface area (Å²) < 4.78 is 5.63. The third kappa shape index (κ3) is 5.37. The van der Waals surface area contributed by atoms with Gasteiger partial charge in [0.15, 0.2) is 0 Å². The molecule has 0 saturated heterocycles. The van der Waals surface area contributed by atoms with E-state index in [2.05, 4.69) is 17.9 Å². The number of benzene rings is 1. The van der Waals surface area contributed by atoms with E-state index in [0.29, 0.717) is 6.61 Å². The average Bonchev–Trinajstić information content (AvgIpc) is 2.38. The van der Waals surface area contributed by atoms with Crippen LogP contribution in [0.3, 0.4) is 0 Å². The molecule has 0 saturated carbocycles. The molecule has 1 aromatic rings. The van der Waals surface area contributed by atoms with Gasteiger partial charge in [-0.15, -0.1) is 0 Å². The van der Waals surface area contributed by atoms with Gasteiger partial charge in [0.05, 0.1) is 12.0 Å². The summed E-state index contributed by atoms with van der Waals surface area (Å²) in [5.41, 5.74) is 0. The van der Waals surface area contributed by atoms with Crippen molar-refractivity contribution >= 4 is 0 Å². The largest absolute Gasteiger partial charge is 0.492 e. The quantitative estimate of drug-likeness (QED) is 0.725. The normalized spacial score (nSPS) is 12.1. The average molecular weight is 232 g/mol. The zero-order valence-corrected chi connectivity index (χ0v) is 10.6. The monoisotopic (exact) mass is 232 g/mol. The first-order valence-electron chi connectivity index (χ1n) is 6.06. The maximum atomic E-state index is 8.77. The van der Waals surface area contributed by atoms with Crippen LogP contribution < -0.4 is 4.74 Å². The highest BCUT2D eigenvalue weighted by atomic mass is 16.5. The van der Waals surface area contributed by atoms with Crippen molar-refractivity contribution in [2.75, 3.05) is 26.2 Å². The summed E-state index contributed by atoms with van der Waals surface area (Å²) >= 11 is 0. The maximum absolute atomic E-state index is 8.77. The number of hydrogen-bond donors (Lipinski definition) is 0. The molecule has 0 heterocycles. The Morgan fingerprint density at radius 3 is 2.65 bits per heavy atom. The number of rotatable bonds is 7. The van der Waals surface area contributed by atoms with Crippen molar-refractivity contribution in [3.63, 3.8) is 0 Å². The van der Waals surface area contributed by atoms with Crippen LogP contribution in [0.1, 0.15) is 13.8 Å². The minimum Gasteiger partial charge on any atom is -0.492 e. The van der Waals surface area contributed by atoms with Gasteiger partial charge in [0.2, 0.25) is 0 Å². The molecule has 0 radical (unpaired) electrons. The van der Waals surface area contributed by atoms with Gasteiger partial charge >= 0.3 is 0 Å². The van der Waals surface area contributed by atoms with E-state index in [1.54, 1.807) is 0 Å². The second-order valence-electron chi connectivity index (χ2n) is 4.08. The van der Waals surface area contributed by atoms with Crippen LogP contribution in [0.15, 0.2) is 30.3 Å². The molecule has 0 aromatic heterocycles. The van der Waals surface area contributed by atoms with Gasteiger partial charge in [-0.1, -0.05) is 25.1 Å². The lowest BCUT2D eigenvalue weighted by Gasteiger charge is -2.21. The van der Waals surface area contributed by atoms with Crippen molar-refractivity contribution in [1.82, 2.24) is 4.90 Å². The third-order valence-corrected chi connectivity index (χ3v) is 2.62. The number of para-hydroxylation sites is 1. The highest BCUT2D eigenvalue weighted by Crippen LogP contribution is 2.08. The lowest BCUT2D eigenvalue weighted by Crippen LogP contribution is -2.32. The molecule has 1 rings (SSSR count). The van der Waals surface area contributed by atoms with Gasteiger partial charge in [0.25, 0.3) is 0 Å². The van der Waals surface area contributed by atoms with Crippen LogP contribution in [-0.4, -0.2) is 31.1 Å². The molecule has 3 nitrogen and oxygen atoms in total. The number of nitrogens with zero attached hydrogens (tertiary/aromatic N) is 2. The molecule has 0 bridgehead atoms. The number of ether oxygens (including phenoxy) is 1. The van der Waals surface area contributed by atoms with Crippen LogP contribution >= 0.6 is 0 Å². The molecule has 0 aliphatic carbocycles. The minimum absolute atomic E-state index is 0.0756. The van der Waals surface area contributed by atoms with Crippen molar-refractivity contribution in [3.8, 4) is 11.8 Å². The van der Waals surface area contributed by atoms with E-state index in [1.165, 1.54) is 0 Å². The van der Waals surface area contributed by atoms with Crippen molar-refractivity contribution in [3.05, 3.63) is 30.3 Å². The molecule has 0 spiro atoms. The summed E-state index contributed by atoms with van der Waals surface area (Å²) in [5.74, 6) is 0.976. The Hall–Kier alpha value is -1.53. The van der Waals surface area contributed by atoms with Gasteiger partial charge in [0.1, 0.15) is 12.4 Å². The fourth-order valence-corrected chi connectivity index (χ4v) is 1.62. The van der Waals surface area contributed by atoms with Crippen molar-refractivity contribution in [1.29, 1.82) is 5.26 Å². The van der Waals surface area contributed by atoms with Gasteiger partial charge < -0.3 is 4.74 Å². The number of hydrogen-bond acceptors (Lipinski definition) is 3. The Bertz CT molecular complexity index is 345. The Labute approximate surface area is 104 Å².